The largest absolute Gasteiger partial charge is 0.396 e. The Balaban J connectivity index is 1.71. The number of fused-ring (bicyclic) bond motifs is 1. The quantitative estimate of drug-likeness (QED) is 0.481. The molecule has 0 unspecified atom stereocenters. The number of thioether (sulfide) groups is 1. The molecule has 0 saturated carbocycles. The van der Waals surface area contributed by atoms with Gasteiger partial charge in [-0.1, -0.05) is 42.1 Å². The van der Waals surface area contributed by atoms with Crippen LogP contribution in [0.15, 0.2) is 41.7 Å². The smallest absolute Gasteiger partial charge is 0.159 e. The van der Waals surface area contributed by atoms with Gasteiger partial charge in [-0.25, -0.2) is 19.9 Å². The molecular weight excluding hydrogens is 394 g/mol. The van der Waals surface area contributed by atoms with Gasteiger partial charge in [-0.3, -0.25) is 4.21 Å². The zero-order valence-electron chi connectivity index (χ0n) is 15.3. The highest BCUT2D eigenvalue weighted by Crippen LogP contribution is 2.30. The lowest BCUT2D eigenvalue weighted by molar-refractivity contribution is 0.297. The molecule has 3 heterocycles. The van der Waals surface area contributed by atoms with Crippen molar-refractivity contribution in [2.24, 2.45) is 0 Å². The van der Waals surface area contributed by atoms with Crippen molar-refractivity contribution in [1.82, 2.24) is 19.9 Å². The Bertz CT molecular complexity index is 977. The molecule has 0 spiro atoms. The molecule has 1 aromatic carbocycles. The van der Waals surface area contributed by atoms with E-state index in [0.717, 1.165) is 16.6 Å². The minimum absolute atomic E-state index is 0.0187. The SMILES string of the molecule is O=S1CCN(c2nc(CCO)nc3c(SCc4ccccc4)ncnc23)CC1. The van der Waals surface area contributed by atoms with Crippen LogP contribution in [-0.4, -0.2) is 60.5 Å². The summed E-state index contributed by atoms with van der Waals surface area (Å²) in [6.45, 7) is 1.33. The number of aliphatic hydroxyl groups is 1. The van der Waals surface area contributed by atoms with Crippen LogP contribution in [-0.2, 0) is 23.0 Å². The maximum Gasteiger partial charge on any atom is 0.159 e. The fraction of sp³-hybridized carbons (Fsp3) is 0.368. The van der Waals surface area contributed by atoms with Crippen LogP contribution in [0.5, 0.6) is 0 Å². The third-order valence-electron chi connectivity index (χ3n) is 4.51. The van der Waals surface area contributed by atoms with Gasteiger partial charge in [-0.05, 0) is 5.56 Å². The number of hydrogen-bond donors (Lipinski definition) is 1. The van der Waals surface area contributed by atoms with E-state index < -0.39 is 10.8 Å². The number of aliphatic hydroxyl groups excluding tert-OH is 1. The molecule has 7 nitrogen and oxygen atoms in total. The zero-order chi connectivity index (χ0) is 19.3. The molecule has 4 rings (SSSR count). The van der Waals surface area contributed by atoms with Crippen LogP contribution in [0.4, 0.5) is 5.82 Å². The minimum atomic E-state index is -0.768. The Kier molecular flexibility index (Phi) is 6.13. The fourth-order valence-electron chi connectivity index (χ4n) is 3.07. The van der Waals surface area contributed by atoms with E-state index in [-0.39, 0.29) is 6.61 Å². The van der Waals surface area contributed by atoms with E-state index in [1.54, 1.807) is 18.1 Å². The lowest BCUT2D eigenvalue weighted by atomic mass is 10.2. The molecule has 28 heavy (non-hydrogen) atoms. The first kappa shape index (κ1) is 19.2. The molecular formula is C19H21N5O2S2. The number of anilines is 1. The van der Waals surface area contributed by atoms with Crippen molar-refractivity contribution in [3.8, 4) is 0 Å². The van der Waals surface area contributed by atoms with Gasteiger partial charge in [0.2, 0.25) is 0 Å². The minimum Gasteiger partial charge on any atom is -0.396 e. The van der Waals surface area contributed by atoms with E-state index in [4.69, 9.17) is 0 Å². The van der Waals surface area contributed by atoms with E-state index in [9.17, 15) is 9.32 Å². The van der Waals surface area contributed by atoms with Gasteiger partial charge in [0.05, 0.1) is 6.61 Å². The van der Waals surface area contributed by atoms with Crippen LogP contribution >= 0.6 is 11.8 Å². The molecule has 1 aliphatic rings. The monoisotopic (exact) mass is 415 g/mol. The highest BCUT2D eigenvalue weighted by molar-refractivity contribution is 7.98. The summed E-state index contributed by atoms with van der Waals surface area (Å²) in [5.74, 6) is 3.36. The van der Waals surface area contributed by atoms with E-state index in [1.165, 1.54) is 5.56 Å². The Morgan fingerprint density at radius 2 is 1.86 bits per heavy atom. The van der Waals surface area contributed by atoms with Crippen molar-refractivity contribution in [3.05, 3.63) is 48.0 Å². The average molecular weight is 416 g/mol. The second kappa shape index (κ2) is 8.93. The van der Waals surface area contributed by atoms with E-state index in [0.29, 0.717) is 47.9 Å². The van der Waals surface area contributed by atoms with E-state index in [1.807, 2.05) is 18.2 Å². The van der Waals surface area contributed by atoms with Crippen LogP contribution in [0.1, 0.15) is 11.4 Å². The van der Waals surface area contributed by atoms with Crippen molar-refractivity contribution in [2.75, 3.05) is 36.1 Å². The summed E-state index contributed by atoms with van der Waals surface area (Å²) in [6.07, 6.45) is 1.93. The highest BCUT2D eigenvalue weighted by atomic mass is 32.2. The summed E-state index contributed by atoms with van der Waals surface area (Å²) in [5.41, 5.74) is 2.63. The topological polar surface area (TPSA) is 92.1 Å². The van der Waals surface area contributed by atoms with Crippen LogP contribution < -0.4 is 4.90 Å². The van der Waals surface area contributed by atoms with Crippen molar-refractivity contribution < 1.29 is 9.32 Å². The normalized spacial score (nSPS) is 15.2. The summed E-state index contributed by atoms with van der Waals surface area (Å²) in [6, 6.07) is 10.2. The Labute approximate surface area is 170 Å². The van der Waals surface area contributed by atoms with Gasteiger partial charge in [0.1, 0.15) is 28.2 Å². The summed E-state index contributed by atoms with van der Waals surface area (Å²) in [4.78, 5) is 20.3. The Morgan fingerprint density at radius 1 is 1.07 bits per heavy atom. The molecule has 0 aliphatic carbocycles. The molecule has 1 fully saturated rings. The molecule has 1 N–H and O–H groups in total. The van der Waals surface area contributed by atoms with E-state index in [2.05, 4.69) is 37.0 Å². The second-order valence-corrected chi connectivity index (χ2v) is 9.08. The van der Waals surface area contributed by atoms with Gasteiger partial charge >= 0.3 is 0 Å². The van der Waals surface area contributed by atoms with Gasteiger partial charge in [0.15, 0.2) is 5.82 Å². The molecule has 3 aromatic rings. The molecule has 2 aromatic heterocycles. The predicted molar refractivity (Wildman–Crippen MR) is 112 cm³/mol. The number of nitrogens with zero attached hydrogens (tertiary/aromatic N) is 5. The Morgan fingerprint density at radius 3 is 2.61 bits per heavy atom. The fourth-order valence-corrected chi connectivity index (χ4v) is 5.02. The summed E-state index contributed by atoms with van der Waals surface area (Å²) >= 11 is 1.61. The predicted octanol–water partition coefficient (Wildman–Crippen LogP) is 1.82. The second-order valence-electron chi connectivity index (χ2n) is 6.42. The molecule has 0 amide bonds. The van der Waals surface area contributed by atoms with E-state index >= 15 is 0 Å². The third kappa shape index (κ3) is 4.31. The Hall–Kier alpha value is -2.10. The van der Waals surface area contributed by atoms with Gasteiger partial charge < -0.3 is 10.0 Å². The third-order valence-corrected chi connectivity index (χ3v) is 6.83. The molecule has 1 aliphatic heterocycles. The number of benzene rings is 1. The van der Waals surface area contributed by atoms with Crippen LogP contribution in [0.3, 0.4) is 0 Å². The number of hydrogen-bond acceptors (Lipinski definition) is 8. The first-order chi connectivity index (χ1) is 13.7. The van der Waals surface area contributed by atoms with Gasteiger partial charge in [-0.2, -0.15) is 0 Å². The molecule has 1 saturated heterocycles. The lowest BCUT2D eigenvalue weighted by Crippen LogP contribution is -2.38. The molecule has 9 heteroatoms. The summed E-state index contributed by atoms with van der Waals surface area (Å²) in [5, 5.41) is 10.2. The number of rotatable bonds is 6. The van der Waals surface area contributed by atoms with Crippen molar-refractivity contribution in [2.45, 2.75) is 17.2 Å². The maximum absolute atomic E-state index is 11.7. The molecule has 0 radical (unpaired) electrons. The van der Waals surface area contributed by atoms with Crippen molar-refractivity contribution >= 4 is 39.4 Å². The molecule has 146 valence electrons. The molecule has 0 bridgehead atoms. The first-order valence-electron chi connectivity index (χ1n) is 9.13. The van der Waals surface area contributed by atoms with Gasteiger partial charge in [0, 0.05) is 47.6 Å². The van der Waals surface area contributed by atoms with Crippen molar-refractivity contribution in [3.63, 3.8) is 0 Å². The first-order valence-corrected chi connectivity index (χ1v) is 11.6. The summed E-state index contributed by atoms with van der Waals surface area (Å²) in [7, 11) is -0.768. The average Bonchev–Trinajstić information content (AvgIpc) is 2.73. The van der Waals surface area contributed by atoms with Crippen molar-refractivity contribution in [1.29, 1.82) is 0 Å². The molecule has 0 atom stereocenters. The summed E-state index contributed by atoms with van der Waals surface area (Å²) < 4.78 is 11.7. The number of aromatic nitrogens is 4. The van der Waals surface area contributed by atoms with Gasteiger partial charge in [-0.15, -0.1) is 0 Å². The lowest BCUT2D eigenvalue weighted by Gasteiger charge is -2.28. The van der Waals surface area contributed by atoms with Gasteiger partial charge in [0.25, 0.3) is 0 Å². The standard InChI is InChI=1S/C19H21N5O2S2/c25-9-6-15-22-17-16(18(23-15)24-7-10-28(26)11-8-24)20-13-21-19(17)27-12-14-4-2-1-3-5-14/h1-5,13,25H,6-12H2. The van der Waals surface area contributed by atoms with Crippen LogP contribution in [0.2, 0.25) is 0 Å². The zero-order valence-corrected chi connectivity index (χ0v) is 17.0. The van der Waals surface area contributed by atoms with Crippen LogP contribution in [0, 0.1) is 0 Å². The maximum atomic E-state index is 11.7. The highest BCUT2D eigenvalue weighted by Gasteiger charge is 2.22. The van der Waals surface area contributed by atoms with Crippen LogP contribution in [0.25, 0.3) is 11.0 Å².